The molecule has 13 rings (SSSR count). The Kier molecular flexibility index (Phi) is 7.59. The average molecular weight is 786 g/mol. The molecule has 11 aromatic carbocycles. The summed E-state index contributed by atoms with van der Waals surface area (Å²) in [6, 6.07) is 87.8. The summed E-state index contributed by atoms with van der Waals surface area (Å²) in [6.07, 6.45) is 0. The number of benzene rings is 11. The Bertz CT molecular complexity index is 3550. The molecular weight excluding hydrogens is 747 g/mol. The summed E-state index contributed by atoms with van der Waals surface area (Å²) in [5.74, 6) is 0. The Labute approximate surface area is 361 Å². The summed E-state index contributed by atoms with van der Waals surface area (Å²) >= 11 is 0. The topological polar surface area (TPSA) is 3.24 Å². The van der Waals surface area contributed by atoms with Gasteiger partial charge in [-0.15, -0.1) is 0 Å². The van der Waals surface area contributed by atoms with Gasteiger partial charge in [-0.1, -0.05) is 194 Å². The van der Waals surface area contributed by atoms with E-state index in [1.165, 1.54) is 105 Å². The van der Waals surface area contributed by atoms with Crippen LogP contribution in [0.1, 0.15) is 22.3 Å². The first-order valence-corrected chi connectivity index (χ1v) is 21.6. The molecule has 0 amide bonds. The first-order valence-electron chi connectivity index (χ1n) is 21.6. The first-order chi connectivity index (χ1) is 30.8. The van der Waals surface area contributed by atoms with Gasteiger partial charge in [-0.3, -0.25) is 0 Å². The zero-order valence-corrected chi connectivity index (χ0v) is 34.0. The van der Waals surface area contributed by atoms with Crippen molar-refractivity contribution in [1.82, 2.24) is 0 Å². The molecule has 2 aliphatic rings. The van der Waals surface area contributed by atoms with E-state index in [4.69, 9.17) is 0 Å². The summed E-state index contributed by atoms with van der Waals surface area (Å²) in [5.41, 5.74) is 18.2. The van der Waals surface area contributed by atoms with Crippen LogP contribution in [0.5, 0.6) is 0 Å². The van der Waals surface area contributed by atoms with Crippen LogP contribution >= 0.6 is 0 Å². The van der Waals surface area contributed by atoms with Gasteiger partial charge >= 0.3 is 0 Å². The molecule has 0 aliphatic heterocycles. The standard InChI is InChI=1S/C61H39N/c1-3-16-40(17-4-1)41-30-32-42(33-31-41)43-34-36-45(37-35-43)62(44-18-5-2-6-19-44)59-29-15-26-52-50-24-11-13-27-56(50)61(60(52)59)57-28-14-12-25-51(57)55-38-53-48-22-9-7-20-46(48)47-21-8-10-23-49(47)54(53)39-58(55)61/h1-39H. The van der Waals surface area contributed by atoms with Gasteiger partial charge in [0.2, 0.25) is 0 Å². The largest absolute Gasteiger partial charge is 0.310 e. The Morgan fingerprint density at radius 2 is 0.677 bits per heavy atom. The molecule has 1 heteroatoms. The second-order valence-corrected chi connectivity index (χ2v) is 16.7. The fraction of sp³-hybridized carbons (Fsp3) is 0.0164. The molecule has 0 saturated carbocycles. The maximum absolute atomic E-state index is 2.56. The molecule has 1 spiro atoms. The molecule has 1 atom stereocenters. The molecule has 0 saturated heterocycles. The zero-order chi connectivity index (χ0) is 40.8. The van der Waals surface area contributed by atoms with Crippen LogP contribution in [0.25, 0.3) is 76.8 Å². The number of para-hydroxylation sites is 1. The van der Waals surface area contributed by atoms with Gasteiger partial charge in [-0.25, -0.2) is 0 Å². The number of fused-ring (bicyclic) bond motifs is 16. The van der Waals surface area contributed by atoms with Crippen molar-refractivity contribution >= 4 is 49.4 Å². The SMILES string of the molecule is c1ccc(-c2ccc(-c3ccc(N(c4ccccc4)c4cccc5c4C4(c6ccccc6-c6cc7c8ccccc8c8ccccc8c7cc64)c4ccccc4-5)cc3)cc2)cc1. The van der Waals surface area contributed by atoms with Gasteiger partial charge in [0.05, 0.1) is 11.1 Å². The van der Waals surface area contributed by atoms with Crippen LogP contribution < -0.4 is 4.90 Å². The lowest BCUT2D eigenvalue weighted by atomic mass is 9.69. The van der Waals surface area contributed by atoms with Crippen molar-refractivity contribution < 1.29 is 0 Å². The Morgan fingerprint density at radius 1 is 0.258 bits per heavy atom. The van der Waals surface area contributed by atoms with E-state index in [9.17, 15) is 0 Å². The predicted octanol–water partition coefficient (Wildman–Crippen LogP) is 16.3. The summed E-state index contributed by atoms with van der Waals surface area (Å²) in [4.78, 5) is 2.49. The molecule has 1 unspecified atom stereocenters. The number of anilines is 3. The summed E-state index contributed by atoms with van der Waals surface area (Å²) < 4.78 is 0. The molecule has 0 N–H and O–H groups in total. The quantitative estimate of drug-likeness (QED) is 0.157. The molecule has 288 valence electrons. The van der Waals surface area contributed by atoms with Crippen molar-refractivity contribution in [3.8, 4) is 44.5 Å². The Balaban J connectivity index is 1.06. The maximum atomic E-state index is 2.56. The molecule has 62 heavy (non-hydrogen) atoms. The van der Waals surface area contributed by atoms with Crippen molar-refractivity contribution in [3.63, 3.8) is 0 Å². The monoisotopic (exact) mass is 785 g/mol. The lowest BCUT2D eigenvalue weighted by Gasteiger charge is -2.36. The highest BCUT2D eigenvalue weighted by atomic mass is 15.1. The minimum Gasteiger partial charge on any atom is -0.310 e. The molecule has 0 bridgehead atoms. The Hall–Kier alpha value is -8.00. The average Bonchev–Trinajstić information content (AvgIpc) is 3.82. The summed E-state index contributed by atoms with van der Waals surface area (Å²) in [7, 11) is 0. The van der Waals surface area contributed by atoms with Crippen LogP contribution in [-0.2, 0) is 5.41 Å². The molecule has 0 aromatic heterocycles. The molecule has 0 radical (unpaired) electrons. The summed E-state index contributed by atoms with van der Waals surface area (Å²) in [5, 5.41) is 7.76. The third-order valence-corrected chi connectivity index (χ3v) is 13.7. The Morgan fingerprint density at radius 3 is 1.27 bits per heavy atom. The van der Waals surface area contributed by atoms with Crippen molar-refractivity contribution in [3.05, 3.63) is 259 Å². The van der Waals surface area contributed by atoms with E-state index >= 15 is 0 Å². The highest BCUT2D eigenvalue weighted by Gasteiger charge is 2.53. The van der Waals surface area contributed by atoms with E-state index in [1.54, 1.807) is 0 Å². The van der Waals surface area contributed by atoms with Gasteiger partial charge in [0, 0.05) is 16.9 Å². The van der Waals surface area contributed by atoms with Crippen LogP contribution in [0.15, 0.2) is 237 Å². The molecule has 1 nitrogen and oxygen atoms in total. The van der Waals surface area contributed by atoms with Gasteiger partial charge in [0.25, 0.3) is 0 Å². The number of hydrogen-bond donors (Lipinski definition) is 0. The third-order valence-electron chi connectivity index (χ3n) is 13.7. The van der Waals surface area contributed by atoms with Crippen LogP contribution in [0.4, 0.5) is 17.1 Å². The molecule has 11 aromatic rings. The lowest BCUT2D eigenvalue weighted by molar-refractivity contribution is 0.794. The lowest BCUT2D eigenvalue weighted by Crippen LogP contribution is -2.28. The molecule has 0 heterocycles. The van der Waals surface area contributed by atoms with E-state index in [2.05, 4.69) is 241 Å². The predicted molar refractivity (Wildman–Crippen MR) is 261 cm³/mol. The first kappa shape index (κ1) is 34.8. The van der Waals surface area contributed by atoms with Crippen molar-refractivity contribution in [1.29, 1.82) is 0 Å². The van der Waals surface area contributed by atoms with E-state index < -0.39 is 5.41 Å². The normalized spacial score (nSPS) is 14.5. The van der Waals surface area contributed by atoms with Gasteiger partial charge in [0.15, 0.2) is 0 Å². The van der Waals surface area contributed by atoms with E-state index in [1.807, 2.05) is 0 Å². The van der Waals surface area contributed by atoms with Crippen LogP contribution in [-0.4, -0.2) is 0 Å². The van der Waals surface area contributed by atoms with Crippen LogP contribution in [0.3, 0.4) is 0 Å². The highest BCUT2D eigenvalue weighted by molar-refractivity contribution is 6.26. The van der Waals surface area contributed by atoms with Crippen LogP contribution in [0, 0.1) is 0 Å². The van der Waals surface area contributed by atoms with E-state index in [-0.39, 0.29) is 0 Å². The summed E-state index contributed by atoms with van der Waals surface area (Å²) in [6.45, 7) is 0. The maximum Gasteiger partial charge on any atom is 0.0746 e. The zero-order valence-electron chi connectivity index (χ0n) is 34.0. The van der Waals surface area contributed by atoms with Gasteiger partial charge in [0.1, 0.15) is 0 Å². The second kappa shape index (κ2) is 13.5. The van der Waals surface area contributed by atoms with Gasteiger partial charge < -0.3 is 4.90 Å². The van der Waals surface area contributed by atoms with Crippen molar-refractivity contribution in [2.45, 2.75) is 5.41 Å². The third kappa shape index (κ3) is 4.91. The minimum absolute atomic E-state index is 0.567. The minimum atomic E-state index is -0.567. The number of rotatable bonds is 5. The molecular formula is C61H39N. The fourth-order valence-electron chi connectivity index (χ4n) is 11.1. The van der Waals surface area contributed by atoms with E-state index in [0.29, 0.717) is 0 Å². The second-order valence-electron chi connectivity index (χ2n) is 16.7. The van der Waals surface area contributed by atoms with Crippen molar-refractivity contribution in [2.24, 2.45) is 0 Å². The smallest absolute Gasteiger partial charge is 0.0746 e. The fourth-order valence-corrected chi connectivity index (χ4v) is 11.1. The van der Waals surface area contributed by atoms with E-state index in [0.717, 1.165) is 11.4 Å². The molecule has 2 aliphatic carbocycles. The van der Waals surface area contributed by atoms with Gasteiger partial charge in [-0.2, -0.15) is 0 Å². The van der Waals surface area contributed by atoms with Crippen LogP contribution in [0.2, 0.25) is 0 Å². The molecule has 0 fully saturated rings. The number of nitrogens with zero attached hydrogens (tertiary/aromatic N) is 1. The highest BCUT2D eigenvalue weighted by Crippen LogP contribution is 2.66. The number of hydrogen-bond acceptors (Lipinski definition) is 1. The van der Waals surface area contributed by atoms with Gasteiger partial charge in [-0.05, 0) is 136 Å². The van der Waals surface area contributed by atoms with Crippen molar-refractivity contribution in [2.75, 3.05) is 4.90 Å².